The Bertz CT molecular complexity index is 347. The lowest BCUT2D eigenvalue weighted by Crippen LogP contribution is -2.67. The van der Waals surface area contributed by atoms with Crippen molar-refractivity contribution in [3.8, 4) is 5.75 Å². The van der Waals surface area contributed by atoms with Crippen LogP contribution in [0.3, 0.4) is 0 Å². The van der Waals surface area contributed by atoms with Crippen LogP contribution in [0.15, 0.2) is 18.3 Å². The third-order valence-corrected chi connectivity index (χ3v) is 2.99. The van der Waals surface area contributed by atoms with E-state index in [9.17, 15) is 0 Å². The summed E-state index contributed by atoms with van der Waals surface area (Å²) in [6.07, 6.45) is 2.78. The molecule has 82 valence electrons. The molecule has 1 aromatic heterocycles. The molecule has 0 spiro atoms. The Kier molecular flexibility index (Phi) is 2.52. The van der Waals surface area contributed by atoms with Crippen LogP contribution in [0, 0.1) is 0 Å². The fourth-order valence-corrected chi connectivity index (χ4v) is 1.87. The molecule has 0 bridgehead atoms. The van der Waals surface area contributed by atoms with Gasteiger partial charge in [-0.2, -0.15) is 0 Å². The third-order valence-electron chi connectivity index (χ3n) is 2.99. The summed E-state index contributed by atoms with van der Waals surface area (Å²) in [5.74, 6) is 1.71. The summed E-state index contributed by atoms with van der Waals surface area (Å²) in [5.41, 5.74) is 6.07. The van der Waals surface area contributed by atoms with Gasteiger partial charge in [-0.15, -0.1) is 0 Å². The first-order valence-electron chi connectivity index (χ1n) is 5.21. The van der Waals surface area contributed by atoms with E-state index in [0.717, 1.165) is 31.1 Å². The Labute approximate surface area is 90.0 Å². The van der Waals surface area contributed by atoms with Crippen LogP contribution in [0.4, 0.5) is 5.82 Å². The van der Waals surface area contributed by atoms with E-state index in [1.807, 2.05) is 12.1 Å². The largest absolute Gasteiger partial charge is 0.493 e. The normalized spacial score (nSPS) is 18.5. The number of rotatable bonds is 3. The zero-order valence-corrected chi connectivity index (χ0v) is 9.23. The molecule has 2 heterocycles. The number of hydrogen-bond acceptors (Lipinski definition) is 4. The highest BCUT2D eigenvalue weighted by atomic mass is 16.5. The maximum Gasteiger partial charge on any atom is 0.171 e. The molecule has 0 atom stereocenters. The van der Waals surface area contributed by atoms with Crippen molar-refractivity contribution < 1.29 is 4.74 Å². The fraction of sp³-hybridized carbons (Fsp3) is 0.545. The number of nitrogens with zero attached hydrogens (tertiary/aromatic N) is 2. The monoisotopic (exact) mass is 207 g/mol. The second-order valence-electron chi connectivity index (χ2n) is 4.10. The molecule has 0 aliphatic carbocycles. The molecule has 2 rings (SSSR count). The molecule has 1 fully saturated rings. The maximum atomic E-state index is 6.11. The Morgan fingerprint density at radius 2 is 2.33 bits per heavy atom. The van der Waals surface area contributed by atoms with Gasteiger partial charge in [0.05, 0.1) is 12.6 Å². The summed E-state index contributed by atoms with van der Waals surface area (Å²) in [4.78, 5) is 6.47. The predicted molar refractivity (Wildman–Crippen MR) is 60.2 cm³/mol. The Balaban J connectivity index is 2.13. The highest BCUT2D eigenvalue weighted by Gasteiger charge is 2.39. The smallest absolute Gasteiger partial charge is 0.171 e. The van der Waals surface area contributed by atoms with Crippen molar-refractivity contribution in [3.63, 3.8) is 0 Å². The van der Waals surface area contributed by atoms with Crippen molar-refractivity contribution in [1.29, 1.82) is 0 Å². The number of hydrogen-bond donors (Lipinski definition) is 1. The second kappa shape index (κ2) is 3.70. The van der Waals surface area contributed by atoms with Gasteiger partial charge in [-0.25, -0.2) is 4.98 Å². The van der Waals surface area contributed by atoms with Crippen molar-refractivity contribution in [2.45, 2.75) is 18.9 Å². The standard InChI is InChI=1S/C11H17N3O/c1-3-11(12)7-14(8-11)10-9(15-2)5-4-6-13-10/h4-6H,3,7-8,12H2,1-2H3. The summed E-state index contributed by atoms with van der Waals surface area (Å²) < 4.78 is 5.26. The predicted octanol–water partition coefficient (Wildman–Crippen LogP) is 1.02. The van der Waals surface area contributed by atoms with Crippen LogP contribution in [-0.4, -0.2) is 30.7 Å². The van der Waals surface area contributed by atoms with Crippen molar-refractivity contribution >= 4 is 5.82 Å². The van der Waals surface area contributed by atoms with Gasteiger partial charge in [0.2, 0.25) is 0 Å². The summed E-state index contributed by atoms with van der Waals surface area (Å²) in [6.45, 7) is 3.83. The molecule has 0 amide bonds. The minimum absolute atomic E-state index is 0.0392. The molecule has 4 heteroatoms. The molecular weight excluding hydrogens is 190 g/mol. The number of nitrogens with two attached hydrogens (primary N) is 1. The summed E-state index contributed by atoms with van der Waals surface area (Å²) >= 11 is 0. The van der Waals surface area contributed by atoms with Gasteiger partial charge in [0.15, 0.2) is 11.6 Å². The Morgan fingerprint density at radius 3 is 2.93 bits per heavy atom. The van der Waals surface area contributed by atoms with Gasteiger partial charge in [0.25, 0.3) is 0 Å². The molecule has 1 aliphatic heterocycles. The molecule has 1 aliphatic rings. The number of pyridine rings is 1. The first-order chi connectivity index (χ1) is 7.18. The Morgan fingerprint density at radius 1 is 1.60 bits per heavy atom. The van der Waals surface area contributed by atoms with Crippen LogP contribution in [0.1, 0.15) is 13.3 Å². The van der Waals surface area contributed by atoms with E-state index in [0.29, 0.717) is 0 Å². The van der Waals surface area contributed by atoms with E-state index >= 15 is 0 Å². The van der Waals surface area contributed by atoms with Crippen LogP contribution >= 0.6 is 0 Å². The zero-order chi connectivity index (χ0) is 10.9. The van der Waals surface area contributed by atoms with Crippen LogP contribution in [0.25, 0.3) is 0 Å². The quantitative estimate of drug-likeness (QED) is 0.804. The molecular formula is C11H17N3O. The summed E-state index contributed by atoms with van der Waals surface area (Å²) in [5, 5.41) is 0. The van der Waals surface area contributed by atoms with Gasteiger partial charge in [-0.1, -0.05) is 6.92 Å². The molecule has 0 aromatic carbocycles. The molecule has 2 N–H and O–H groups in total. The molecule has 15 heavy (non-hydrogen) atoms. The molecule has 0 saturated carbocycles. The third kappa shape index (κ3) is 1.77. The zero-order valence-electron chi connectivity index (χ0n) is 9.23. The van der Waals surface area contributed by atoms with E-state index in [1.54, 1.807) is 13.3 Å². The highest BCUT2D eigenvalue weighted by molar-refractivity contribution is 5.55. The molecule has 1 saturated heterocycles. The fourth-order valence-electron chi connectivity index (χ4n) is 1.87. The van der Waals surface area contributed by atoms with E-state index in [4.69, 9.17) is 10.5 Å². The van der Waals surface area contributed by atoms with Crippen molar-refractivity contribution in [1.82, 2.24) is 4.98 Å². The Hall–Kier alpha value is -1.29. The van der Waals surface area contributed by atoms with E-state index in [2.05, 4.69) is 16.8 Å². The van der Waals surface area contributed by atoms with Crippen molar-refractivity contribution in [2.24, 2.45) is 5.73 Å². The SMILES string of the molecule is CCC1(N)CN(c2ncccc2OC)C1. The molecule has 1 aromatic rings. The minimum atomic E-state index is -0.0392. The van der Waals surface area contributed by atoms with Gasteiger partial charge >= 0.3 is 0 Å². The summed E-state index contributed by atoms with van der Waals surface area (Å²) in [7, 11) is 1.66. The van der Waals surface area contributed by atoms with E-state index in [1.165, 1.54) is 0 Å². The van der Waals surface area contributed by atoms with Gasteiger partial charge in [0.1, 0.15) is 0 Å². The average molecular weight is 207 g/mol. The van der Waals surface area contributed by atoms with Gasteiger partial charge < -0.3 is 15.4 Å². The molecule has 0 radical (unpaired) electrons. The lowest BCUT2D eigenvalue weighted by molar-refractivity contribution is 0.315. The van der Waals surface area contributed by atoms with Gasteiger partial charge in [-0.05, 0) is 18.6 Å². The van der Waals surface area contributed by atoms with Crippen LogP contribution in [0.2, 0.25) is 0 Å². The van der Waals surface area contributed by atoms with Crippen molar-refractivity contribution in [3.05, 3.63) is 18.3 Å². The van der Waals surface area contributed by atoms with Gasteiger partial charge in [-0.3, -0.25) is 0 Å². The van der Waals surface area contributed by atoms with Crippen LogP contribution in [0.5, 0.6) is 5.75 Å². The molecule has 4 nitrogen and oxygen atoms in total. The molecule has 0 unspecified atom stereocenters. The first kappa shape index (κ1) is 10.2. The number of ether oxygens (including phenoxy) is 1. The number of aromatic nitrogens is 1. The topological polar surface area (TPSA) is 51.4 Å². The highest BCUT2D eigenvalue weighted by Crippen LogP contribution is 2.32. The average Bonchev–Trinajstić information content (AvgIpc) is 2.25. The van der Waals surface area contributed by atoms with Gasteiger partial charge in [0, 0.05) is 19.3 Å². The van der Waals surface area contributed by atoms with E-state index < -0.39 is 0 Å². The number of methoxy groups -OCH3 is 1. The second-order valence-corrected chi connectivity index (χ2v) is 4.10. The summed E-state index contributed by atoms with van der Waals surface area (Å²) in [6, 6.07) is 3.79. The minimum Gasteiger partial charge on any atom is -0.493 e. The van der Waals surface area contributed by atoms with E-state index in [-0.39, 0.29) is 5.54 Å². The maximum absolute atomic E-state index is 6.11. The van der Waals surface area contributed by atoms with Crippen molar-refractivity contribution in [2.75, 3.05) is 25.1 Å². The van der Waals surface area contributed by atoms with Crippen LogP contribution < -0.4 is 15.4 Å². The lowest BCUT2D eigenvalue weighted by Gasteiger charge is -2.48. The lowest BCUT2D eigenvalue weighted by atomic mass is 9.88. The number of anilines is 1. The van der Waals surface area contributed by atoms with Crippen LogP contribution in [-0.2, 0) is 0 Å². The first-order valence-corrected chi connectivity index (χ1v) is 5.21.